The highest BCUT2D eigenvalue weighted by atomic mass is 32.1. The van der Waals surface area contributed by atoms with Gasteiger partial charge in [0.25, 0.3) is 0 Å². The molecule has 5 nitrogen and oxygen atoms in total. The van der Waals surface area contributed by atoms with Crippen LogP contribution in [0.25, 0.3) is 5.65 Å². The maximum Gasteiger partial charge on any atom is 0.243 e. The molecule has 0 spiro atoms. The van der Waals surface area contributed by atoms with Gasteiger partial charge in [0.15, 0.2) is 5.65 Å². The van der Waals surface area contributed by atoms with Crippen molar-refractivity contribution in [3.63, 3.8) is 0 Å². The van der Waals surface area contributed by atoms with Crippen LogP contribution in [0.5, 0.6) is 0 Å². The van der Waals surface area contributed by atoms with Crippen molar-refractivity contribution in [3.8, 4) is 0 Å². The van der Waals surface area contributed by atoms with Gasteiger partial charge >= 0.3 is 0 Å². The van der Waals surface area contributed by atoms with Crippen LogP contribution in [-0.4, -0.2) is 19.6 Å². The van der Waals surface area contributed by atoms with E-state index >= 15 is 0 Å². The highest BCUT2D eigenvalue weighted by Crippen LogP contribution is 2.22. The minimum atomic E-state index is 0.165. The molecule has 0 aromatic carbocycles. The summed E-state index contributed by atoms with van der Waals surface area (Å²) >= 11 is 1.65. The smallest absolute Gasteiger partial charge is 0.243 e. The van der Waals surface area contributed by atoms with Gasteiger partial charge in [0.05, 0.1) is 6.04 Å². The summed E-state index contributed by atoms with van der Waals surface area (Å²) in [5.74, 6) is 0.649. The first-order valence-electron chi connectivity index (χ1n) is 6.26. The average molecular weight is 273 g/mol. The molecule has 0 aliphatic heterocycles. The highest BCUT2D eigenvalue weighted by molar-refractivity contribution is 7.09. The Hall–Kier alpha value is -1.95. The lowest BCUT2D eigenvalue weighted by atomic mass is 10.2. The van der Waals surface area contributed by atoms with Crippen LogP contribution in [0.15, 0.2) is 29.8 Å². The van der Waals surface area contributed by atoms with Gasteiger partial charge in [-0.1, -0.05) is 13.0 Å². The van der Waals surface area contributed by atoms with Gasteiger partial charge < -0.3 is 5.32 Å². The summed E-state index contributed by atoms with van der Waals surface area (Å²) < 4.78 is 1.84. The Morgan fingerprint density at radius 3 is 3.00 bits per heavy atom. The third-order valence-corrected chi connectivity index (χ3v) is 3.90. The minimum absolute atomic E-state index is 0.165. The molecule has 0 bridgehead atoms. The number of anilines is 1. The number of hydrogen-bond acceptors (Lipinski definition) is 5. The molecule has 0 radical (unpaired) electrons. The first-order valence-corrected chi connectivity index (χ1v) is 7.14. The third kappa shape index (κ3) is 2.31. The van der Waals surface area contributed by atoms with Crippen molar-refractivity contribution >= 4 is 22.9 Å². The largest absolute Gasteiger partial charge is 0.344 e. The molecule has 0 amide bonds. The summed E-state index contributed by atoms with van der Waals surface area (Å²) in [7, 11) is 0. The number of aromatic nitrogens is 4. The molecule has 19 heavy (non-hydrogen) atoms. The molecule has 98 valence electrons. The molecule has 3 aromatic rings. The summed E-state index contributed by atoms with van der Waals surface area (Å²) in [6.45, 7) is 4.14. The van der Waals surface area contributed by atoms with E-state index in [1.54, 1.807) is 11.3 Å². The number of nitrogens with zero attached hydrogens (tertiary/aromatic N) is 4. The lowest BCUT2D eigenvalue weighted by Crippen LogP contribution is -2.10. The van der Waals surface area contributed by atoms with Crippen molar-refractivity contribution in [1.29, 1.82) is 0 Å². The van der Waals surface area contributed by atoms with Gasteiger partial charge in [-0.05, 0) is 25.5 Å². The molecule has 0 fully saturated rings. The molecule has 0 aliphatic carbocycles. The summed E-state index contributed by atoms with van der Waals surface area (Å²) in [4.78, 5) is 8.84. The molecular formula is C13H15N5S. The van der Waals surface area contributed by atoms with Crippen LogP contribution in [0.4, 0.5) is 5.95 Å². The highest BCUT2D eigenvalue weighted by Gasteiger charge is 2.14. The molecule has 1 N–H and O–H groups in total. The predicted molar refractivity (Wildman–Crippen MR) is 76.5 cm³/mol. The molecule has 1 unspecified atom stereocenters. The molecule has 0 saturated carbocycles. The molecule has 1 atom stereocenters. The Morgan fingerprint density at radius 2 is 2.32 bits per heavy atom. The summed E-state index contributed by atoms with van der Waals surface area (Å²) in [5.41, 5.74) is 1.93. The van der Waals surface area contributed by atoms with Crippen LogP contribution >= 0.6 is 11.3 Å². The van der Waals surface area contributed by atoms with E-state index in [-0.39, 0.29) is 6.04 Å². The van der Waals surface area contributed by atoms with Crippen molar-refractivity contribution < 1.29 is 0 Å². The van der Waals surface area contributed by atoms with E-state index < -0.39 is 0 Å². The number of pyridine rings is 1. The zero-order chi connectivity index (χ0) is 13.2. The van der Waals surface area contributed by atoms with Crippen molar-refractivity contribution in [1.82, 2.24) is 19.6 Å². The van der Waals surface area contributed by atoms with E-state index in [4.69, 9.17) is 0 Å². The van der Waals surface area contributed by atoms with Crippen LogP contribution in [0.3, 0.4) is 0 Å². The summed E-state index contributed by atoms with van der Waals surface area (Å²) in [5, 5.41) is 10.9. The van der Waals surface area contributed by atoms with Crippen LogP contribution in [0.1, 0.15) is 30.1 Å². The lowest BCUT2D eigenvalue weighted by molar-refractivity contribution is 0.730. The second kappa shape index (κ2) is 4.97. The Labute approximate surface area is 115 Å². The monoisotopic (exact) mass is 273 g/mol. The standard InChI is InChI=1S/C13H15N5S/c1-3-10(12-14-7-8-19-12)15-13-16-11-6-4-5-9(2)18(11)17-13/h4-8,10H,3H2,1-2H3,(H,15,17). The van der Waals surface area contributed by atoms with E-state index in [2.05, 4.69) is 27.3 Å². The fourth-order valence-corrected chi connectivity index (χ4v) is 2.77. The summed E-state index contributed by atoms with van der Waals surface area (Å²) in [6, 6.07) is 6.12. The minimum Gasteiger partial charge on any atom is -0.344 e. The van der Waals surface area contributed by atoms with Crippen molar-refractivity contribution in [2.75, 3.05) is 5.32 Å². The van der Waals surface area contributed by atoms with Gasteiger partial charge in [0, 0.05) is 17.3 Å². The van der Waals surface area contributed by atoms with Gasteiger partial charge in [-0.15, -0.1) is 16.4 Å². The van der Waals surface area contributed by atoms with E-state index in [1.807, 2.05) is 41.2 Å². The van der Waals surface area contributed by atoms with Crippen LogP contribution < -0.4 is 5.32 Å². The second-order valence-electron chi connectivity index (χ2n) is 4.35. The van der Waals surface area contributed by atoms with Gasteiger partial charge in [-0.2, -0.15) is 4.98 Å². The van der Waals surface area contributed by atoms with Crippen molar-refractivity contribution in [2.24, 2.45) is 0 Å². The Kier molecular flexibility index (Phi) is 3.16. The third-order valence-electron chi connectivity index (χ3n) is 3.01. The van der Waals surface area contributed by atoms with E-state index in [0.29, 0.717) is 5.95 Å². The van der Waals surface area contributed by atoms with Gasteiger partial charge in [-0.25, -0.2) is 9.50 Å². The number of fused-ring (bicyclic) bond motifs is 1. The first-order chi connectivity index (χ1) is 9.28. The van der Waals surface area contributed by atoms with Gasteiger partial charge in [0.1, 0.15) is 5.01 Å². The molecule has 0 saturated heterocycles. The van der Waals surface area contributed by atoms with Crippen molar-refractivity contribution in [3.05, 3.63) is 40.5 Å². The quantitative estimate of drug-likeness (QED) is 0.793. The van der Waals surface area contributed by atoms with Crippen LogP contribution in [0.2, 0.25) is 0 Å². The van der Waals surface area contributed by atoms with Crippen LogP contribution in [0, 0.1) is 6.92 Å². The molecule has 0 aliphatic rings. The number of thiazole rings is 1. The van der Waals surface area contributed by atoms with Gasteiger partial charge in [0.2, 0.25) is 5.95 Å². The van der Waals surface area contributed by atoms with E-state index in [1.165, 1.54) is 0 Å². The number of hydrogen-bond donors (Lipinski definition) is 1. The van der Waals surface area contributed by atoms with Crippen LogP contribution in [-0.2, 0) is 0 Å². The van der Waals surface area contributed by atoms with Crippen molar-refractivity contribution in [2.45, 2.75) is 26.3 Å². The topological polar surface area (TPSA) is 55.1 Å². The lowest BCUT2D eigenvalue weighted by Gasteiger charge is -2.12. The SMILES string of the molecule is CCC(Nc1nc2cccc(C)n2n1)c1nccs1. The van der Waals surface area contributed by atoms with E-state index in [0.717, 1.165) is 22.8 Å². The Morgan fingerprint density at radius 1 is 1.42 bits per heavy atom. The Bertz CT molecular complexity index is 673. The van der Waals surface area contributed by atoms with Gasteiger partial charge in [-0.3, -0.25) is 0 Å². The molecule has 6 heteroatoms. The number of nitrogens with one attached hydrogen (secondary N) is 1. The average Bonchev–Trinajstić information content (AvgIpc) is 3.05. The predicted octanol–water partition coefficient (Wildman–Crippen LogP) is 3.06. The maximum absolute atomic E-state index is 4.49. The first kappa shape index (κ1) is 12.1. The molecule has 3 heterocycles. The zero-order valence-electron chi connectivity index (χ0n) is 10.9. The molecule has 3 rings (SSSR count). The van der Waals surface area contributed by atoms with E-state index in [9.17, 15) is 0 Å². The maximum atomic E-state index is 4.49. The fourth-order valence-electron chi connectivity index (χ4n) is 2.00. The number of aryl methyl sites for hydroxylation is 1. The molecular weight excluding hydrogens is 258 g/mol. The summed E-state index contributed by atoms with van der Waals surface area (Å²) in [6.07, 6.45) is 2.77. The zero-order valence-corrected chi connectivity index (χ0v) is 11.7. The Balaban J connectivity index is 1.90. The number of rotatable bonds is 4. The fraction of sp³-hybridized carbons (Fsp3) is 0.308. The molecule has 3 aromatic heterocycles. The second-order valence-corrected chi connectivity index (χ2v) is 5.27. The normalized spacial score (nSPS) is 12.7.